The summed E-state index contributed by atoms with van der Waals surface area (Å²) < 4.78 is 0. The van der Waals surface area contributed by atoms with Gasteiger partial charge in [-0.15, -0.1) is 0 Å². The summed E-state index contributed by atoms with van der Waals surface area (Å²) in [6, 6.07) is 13.8. The summed E-state index contributed by atoms with van der Waals surface area (Å²) in [4.78, 5) is 13.3. The van der Waals surface area contributed by atoms with Crippen LogP contribution in [0.3, 0.4) is 0 Å². The highest BCUT2D eigenvalue weighted by Gasteiger charge is 2.11. The quantitative estimate of drug-likeness (QED) is 0.695. The first-order chi connectivity index (χ1) is 9.36. The van der Waals surface area contributed by atoms with E-state index in [0.717, 1.165) is 28.2 Å². The average molecular weight is 247 g/mol. The van der Waals surface area contributed by atoms with Gasteiger partial charge in [-0.1, -0.05) is 12.1 Å². The number of aryl methyl sites for hydroxylation is 1. The van der Waals surface area contributed by atoms with Crippen molar-refractivity contribution in [3.05, 3.63) is 66.6 Å². The zero-order valence-electron chi connectivity index (χ0n) is 10.6. The van der Waals surface area contributed by atoms with E-state index in [1.165, 1.54) is 0 Å². The maximum atomic E-state index is 4.48. The van der Waals surface area contributed by atoms with E-state index in [4.69, 9.17) is 0 Å². The summed E-state index contributed by atoms with van der Waals surface area (Å²) in [6.07, 6.45) is 5.37. The Morgan fingerprint density at radius 2 is 1.42 bits per heavy atom. The van der Waals surface area contributed by atoms with E-state index < -0.39 is 0 Å². The molecule has 0 N–H and O–H groups in total. The van der Waals surface area contributed by atoms with E-state index in [-0.39, 0.29) is 0 Å². The van der Waals surface area contributed by atoms with Gasteiger partial charge in [0.05, 0.1) is 17.1 Å². The molecule has 19 heavy (non-hydrogen) atoms. The van der Waals surface area contributed by atoms with Crippen LogP contribution >= 0.6 is 0 Å². The Bertz CT molecular complexity index is 693. The van der Waals surface area contributed by atoms with Crippen LogP contribution < -0.4 is 0 Å². The number of hydrogen-bond acceptors (Lipinski definition) is 3. The highest BCUT2D eigenvalue weighted by atomic mass is 14.8. The Labute approximate surface area is 112 Å². The van der Waals surface area contributed by atoms with Crippen LogP contribution in [0.1, 0.15) is 5.56 Å². The molecule has 3 aromatic rings. The maximum Gasteiger partial charge on any atom is 0.0982 e. The second kappa shape index (κ2) is 4.98. The third kappa shape index (κ3) is 2.22. The normalized spacial score (nSPS) is 10.4. The summed E-state index contributed by atoms with van der Waals surface area (Å²) in [6.45, 7) is 2.04. The van der Waals surface area contributed by atoms with Crippen molar-refractivity contribution < 1.29 is 0 Å². The molecule has 0 aliphatic heterocycles. The predicted molar refractivity (Wildman–Crippen MR) is 75.4 cm³/mol. The molecule has 3 heteroatoms. The van der Waals surface area contributed by atoms with E-state index in [1.54, 1.807) is 18.6 Å². The molecule has 0 saturated heterocycles. The Balaban J connectivity index is 2.21. The monoisotopic (exact) mass is 247 g/mol. The lowest BCUT2D eigenvalue weighted by Crippen LogP contribution is -1.94. The largest absolute Gasteiger partial charge is 0.256 e. The lowest BCUT2D eigenvalue weighted by Gasteiger charge is -2.09. The lowest BCUT2D eigenvalue weighted by molar-refractivity contribution is 1.20. The number of hydrogen-bond donors (Lipinski definition) is 0. The van der Waals surface area contributed by atoms with E-state index in [0.29, 0.717) is 0 Å². The molecule has 3 nitrogen and oxygen atoms in total. The Morgan fingerprint density at radius 1 is 0.684 bits per heavy atom. The third-order valence-electron chi connectivity index (χ3n) is 2.98. The molecule has 0 fully saturated rings. The molecule has 0 radical (unpaired) electrons. The molecule has 3 rings (SSSR count). The molecule has 0 aliphatic carbocycles. The molecule has 92 valence electrons. The first-order valence-corrected chi connectivity index (χ1v) is 6.14. The molecule has 0 amide bonds. The van der Waals surface area contributed by atoms with Crippen molar-refractivity contribution in [1.29, 1.82) is 0 Å². The van der Waals surface area contributed by atoms with Gasteiger partial charge in [0, 0.05) is 24.2 Å². The molecular weight excluding hydrogens is 234 g/mol. The molecule has 0 aliphatic rings. The van der Waals surface area contributed by atoms with Crippen LogP contribution in [-0.4, -0.2) is 15.0 Å². The standard InChI is InChI=1S/C16H13N3/c1-12-6-4-10-18-15(12)16-13(7-5-11-19-16)14-8-2-3-9-17-14/h2-11H,1H3. The van der Waals surface area contributed by atoms with Crippen LogP contribution in [0.15, 0.2) is 61.1 Å². The molecule has 0 bridgehead atoms. The lowest BCUT2D eigenvalue weighted by atomic mass is 10.0. The molecule has 0 aromatic carbocycles. The Hall–Kier alpha value is -2.55. The SMILES string of the molecule is Cc1cccnc1-c1ncccc1-c1ccccn1. The van der Waals surface area contributed by atoms with Crippen molar-refractivity contribution in [2.45, 2.75) is 6.92 Å². The van der Waals surface area contributed by atoms with Gasteiger partial charge in [-0.05, 0) is 42.8 Å². The number of aromatic nitrogens is 3. The molecular formula is C16H13N3. The van der Waals surface area contributed by atoms with Gasteiger partial charge in [-0.2, -0.15) is 0 Å². The zero-order chi connectivity index (χ0) is 13.1. The average Bonchev–Trinajstić information content (AvgIpc) is 2.49. The summed E-state index contributed by atoms with van der Waals surface area (Å²) in [7, 11) is 0. The van der Waals surface area contributed by atoms with Crippen LogP contribution in [-0.2, 0) is 0 Å². The highest BCUT2D eigenvalue weighted by molar-refractivity contribution is 5.78. The van der Waals surface area contributed by atoms with Crippen LogP contribution in [0.4, 0.5) is 0 Å². The second-order valence-electron chi connectivity index (χ2n) is 4.28. The minimum absolute atomic E-state index is 0.874. The number of nitrogens with zero attached hydrogens (tertiary/aromatic N) is 3. The van der Waals surface area contributed by atoms with Gasteiger partial charge < -0.3 is 0 Å². The van der Waals surface area contributed by atoms with Crippen LogP contribution in [0.2, 0.25) is 0 Å². The van der Waals surface area contributed by atoms with E-state index in [9.17, 15) is 0 Å². The van der Waals surface area contributed by atoms with E-state index >= 15 is 0 Å². The van der Waals surface area contributed by atoms with E-state index in [1.807, 2.05) is 49.4 Å². The van der Waals surface area contributed by atoms with Gasteiger partial charge in [0.25, 0.3) is 0 Å². The minimum atomic E-state index is 0.874. The zero-order valence-corrected chi connectivity index (χ0v) is 10.6. The second-order valence-corrected chi connectivity index (χ2v) is 4.28. The van der Waals surface area contributed by atoms with Gasteiger partial charge in [0.2, 0.25) is 0 Å². The van der Waals surface area contributed by atoms with Crippen molar-refractivity contribution >= 4 is 0 Å². The smallest absolute Gasteiger partial charge is 0.0982 e. The van der Waals surface area contributed by atoms with Crippen LogP contribution in [0, 0.1) is 6.92 Å². The summed E-state index contributed by atoms with van der Waals surface area (Å²) in [5.74, 6) is 0. The van der Waals surface area contributed by atoms with Gasteiger partial charge in [-0.25, -0.2) is 0 Å². The van der Waals surface area contributed by atoms with Gasteiger partial charge in [-0.3, -0.25) is 15.0 Å². The van der Waals surface area contributed by atoms with Gasteiger partial charge in [0.15, 0.2) is 0 Å². The van der Waals surface area contributed by atoms with Crippen molar-refractivity contribution in [3.63, 3.8) is 0 Å². The third-order valence-corrected chi connectivity index (χ3v) is 2.98. The van der Waals surface area contributed by atoms with Crippen molar-refractivity contribution in [2.24, 2.45) is 0 Å². The first kappa shape index (κ1) is 11.5. The van der Waals surface area contributed by atoms with Gasteiger partial charge >= 0.3 is 0 Å². The van der Waals surface area contributed by atoms with Gasteiger partial charge in [0.1, 0.15) is 0 Å². The first-order valence-electron chi connectivity index (χ1n) is 6.14. The van der Waals surface area contributed by atoms with E-state index in [2.05, 4.69) is 15.0 Å². The topological polar surface area (TPSA) is 38.7 Å². The Kier molecular flexibility index (Phi) is 3.02. The van der Waals surface area contributed by atoms with Crippen molar-refractivity contribution in [1.82, 2.24) is 15.0 Å². The molecule has 3 heterocycles. The molecule has 3 aromatic heterocycles. The van der Waals surface area contributed by atoms with Crippen molar-refractivity contribution in [2.75, 3.05) is 0 Å². The maximum absolute atomic E-state index is 4.48. The van der Waals surface area contributed by atoms with Crippen LogP contribution in [0.25, 0.3) is 22.6 Å². The van der Waals surface area contributed by atoms with Crippen molar-refractivity contribution in [3.8, 4) is 22.6 Å². The summed E-state index contributed by atoms with van der Waals surface area (Å²) >= 11 is 0. The highest BCUT2D eigenvalue weighted by Crippen LogP contribution is 2.28. The number of pyridine rings is 3. The fraction of sp³-hybridized carbons (Fsp3) is 0.0625. The molecule has 0 unspecified atom stereocenters. The Morgan fingerprint density at radius 3 is 2.16 bits per heavy atom. The predicted octanol–water partition coefficient (Wildman–Crippen LogP) is 3.51. The van der Waals surface area contributed by atoms with Crippen LogP contribution in [0.5, 0.6) is 0 Å². The minimum Gasteiger partial charge on any atom is -0.256 e. The summed E-state index contributed by atoms with van der Waals surface area (Å²) in [5.41, 5.74) is 4.81. The number of rotatable bonds is 2. The fourth-order valence-corrected chi connectivity index (χ4v) is 2.06. The molecule has 0 saturated carbocycles. The summed E-state index contributed by atoms with van der Waals surface area (Å²) in [5, 5.41) is 0. The molecule has 0 atom stereocenters. The molecule has 0 spiro atoms. The fourth-order valence-electron chi connectivity index (χ4n) is 2.06.